The molecular formula is C31H26N2O5S2. The number of hydrogen-bond acceptors (Lipinski definition) is 5. The van der Waals surface area contributed by atoms with Crippen LogP contribution in [0.3, 0.4) is 0 Å². The quantitative estimate of drug-likeness (QED) is 0.252. The maximum Gasteiger partial charge on any atom is 0.268 e. The number of rotatable bonds is 6. The lowest BCUT2D eigenvalue weighted by atomic mass is 9.97. The third-order valence-corrected chi connectivity index (χ3v) is 10.6. The van der Waals surface area contributed by atoms with Crippen molar-refractivity contribution in [2.75, 3.05) is 7.11 Å². The van der Waals surface area contributed by atoms with Gasteiger partial charge in [0, 0.05) is 17.1 Å². The fourth-order valence-electron chi connectivity index (χ4n) is 5.14. The van der Waals surface area contributed by atoms with Gasteiger partial charge in [-0.2, -0.15) is 0 Å². The van der Waals surface area contributed by atoms with Crippen molar-refractivity contribution in [3.05, 3.63) is 132 Å². The lowest BCUT2D eigenvalue weighted by Gasteiger charge is -2.34. The number of para-hydroxylation sites is 1. The highest BCUT2D eigenvalue weighted by atomic mass is 32.2. The van der Waals surface area contributed by atoms with E-state index in [-0.39, 0.29) is 9.79 Å². The molecule has 7 nitrogen and oxygen atoms in total. The summed E-state index contributed by atoms with van der Waals surface area (Å²) >= 11 is 0. The van der Waals surface area contributed by atoms with E-state index >= 15 is 0 Å². The standard InChI is InChI=1S/C31H26N2O5S2/c1-22-12-18-26(19-13-22)39(34,35)32-21-20-28-27-10-6-7-11-29(27)33(40(36,37)25-8-4-3-5-9-25)31(28)30(32)23-14-16-24(38-2)17-15-23/h3-21,30H,1-2H3. The van der Waals surface area contributed by atoms with Gasteiger partial charge in [0.2, 0.25) is 0 Å². The number of sulfonamides is 1. The van der Waals surface area contributed by atoms with Gasteiger partial charge in [-0.1, -0.05) is 66.2 Å². The summed E-state index contributed by atoms with van der Waals surface area (Å²) in [7, 11) is -6.66. The van der Waals surface area contributed by atoms with Gasteiger partial charge in [-0.3, -0.25) is 4.31 Å². The van der Waals surface area contributed by atoms with E-state index in [4.69, 9.17) is 4.74 Å². The summed E-state index contributed by atoms with van der Waals surface area (Å²) in [6, 6.07) is 28.0. The summed E-state index contributed by atoms with van der Waals surface area (Å²) in [6.07, 6.45) is 3.21. The van der Waals surface area contributed by atoms with Crippen molar-refractivity contribution < 1.29 is 21.6 Å². The van der Waals surface area contributed by atoms with Crippen molar-refractivity contribution in [2.24, 2.45) is 0 Å². The maximum absolute atomic E-state index is 14.3. The smallest absolute Gasteiger partial charge is 0.268 e. The van der Waals surface area contributed by atoms with Crippen LogP contribution >= 0.6 is 0 Å². The van der Waals surface area contributed by atoms with Crippen LogP contribution in [0, 0.1) is 6.92 Å². The van der Waals surface area contributed by atoms with Crippen LogP contribution in [-0.2, 0) is 20.0 Å². The second kappa shape index (κ2) is 9.69. The Morgan fingerprint density at radius 2 is 1.32 bits per heavy atom. The van der Waals surface area contributed by atoms with Gasteiger partial charge in [0.1, 0.15) is 11.8 Å². The fourth-order valence-corrected chi connectivity index (χ4v) is 8.17. The van der Waals surface area contributed by atoms with E-state index in [1.807, 2.05) is 19.1 Å². The van der Waals surface area contributed by atoms with Crippen LogP contribution in [0.5, 0.6) is 5.75 Å². The molecule has 0 saturated carbocycles. The van der Waals surface area contributed by atoms with Gasteiger partial charge in [0.25, 0.3) is 20.0 Å². The van der Waals surface area contributed by atoms with E-state index in [1.54, 1.807) is 104 Å². The van der Waals surface area contributed by atoms with E-state index in [0.717, 1.165) is 5.56 Å². The molecule has 0 bridgehead atoms. The molecule has 9 heteroatoms. The van der Waals surface area contributed by atoms with Crippen LogP contribution < -0.4 is 4.74 Å². The molecule has 4 aromatic carbocycles. The number of benzene rings is 4. The Kier molecular flexibility index (Phi) is 6.28. The van der Waals surface area contributed by atoms with Crippen LogP contribution in [0.15, 0.2) is 119 Å². The second-order valence-corrected chi connectivity index (χ2v) is 13.2. The highest BCUT2D eigenvalue weighted by Gasteiger charge is 2.40. The Bertz CT molecular complexity index is 1960. The predicted octanol–water partition coefficient (Wildman–Crippen LogP) is 5.96. The molecule has 202 valence electrons. The molecule has 0 aliphatic carbocycles. The molecule has 0 saturated heterocycles. The van der Waals surface area contributed by atoms with Crippen molar-refractivity contribution in [3.8, 4) is 5.75 Å². The first-order valence-electron chi connectivity index (χ1n) is 12.6. The number of methoxy groups -OCH3 is 1. The Balaban J connectivity index is 1.68. The Labute approximate surface area is 233 Å². The van der Waals surface area contributed by atoms with E-state index in [0.29, 0.717) is 33.5 Å². The first kappa shape index (κ1) is 25.9. The number of aromatic nitrogens is 1. The van der Waals surface area contributed by atoms with E-state index in [2.05, 4.69) is 0 Å². The first-order chi connectivity index (χ1) is 19.2. The minimum Gasteiger partial charge on any atom is -0.497 e. The summed E-state index contributed by atoms with van der Waals surface area (Å²) in [6.45, 7) is 1.89. The molecule has 6 rings (SSSR count). The van der Waals surface area contributed by atoms with Gasteiger partial charge >= 0.3 is 0 Å². The van der Waals surface area contributed by atoms with Crippen LogP contribution in [0.4, 0.5) is 0 Å². The van der Waals surface area contributed by atoms with Crippen molar-refractivity contribution in [1.82, 2.24) is 8.28 Å². The number of hydrogen-bond donors (Lipinski definition) is 0. The first-order valence-corrected chi connectivity index (χ1v) is 15.5. The molecule has 0 fully saturated rings. The average Bonchev–Trinajstić information content (AvgIpc) is 3.33. The van der Waals surface area contributed by atoms with E-state index in [9.17, 15) is 16.8 Å². The number of aryl methyl sites for hydroxylation is 1. The maximum atomic E-state index is 14.3. The van der Waals surface area contributed by atoms with Crippen LogP contribution in [0.25, 0.3) is 17.0 Å². The topological polar surface area (TPSA) is 85.7 Å². The van der Waals surface area contributed by atoms with Crippen molar-refractivity contribution in [2.45, 2.75) is 22.8 Å². The van der Waals surface area contributed by atoms with Gasteiger partial charge < -0.3 is 4.74 Å². The molecule has 2 heterocycles. The molecule has 1 aromatic heterocycles. The molecule has 1 aliphatic heterocycles. The largest absolute Gasteiger partial charge is 0.497 e. The molecule has 1 aliphatic rings. The summed E-state index contributed by atoms with van der Waals surface area (Å²) in [5.41, 5.74) is 2.97. The molecular weight excluding hydrogens is 544 g/mol. The Hall–Kier alpha value is -4.34. The van der Waals surface area contributed by atoms with Crippen molar-refractivity contribution in [1.29, 1.82) is 0 Å². The predicted molar refractivity (Wildman–Crippen MR) is 155 cm³/mol. The summed E-state index contributed by atoms with van der Waals surface area (Å²) < 4.78 is 64.7. The Morgan fingerprint density at radius 1 is 0.700 bits per heavy atom. The number of nitrogens with zero attached hydrogens (tertiary/aromatic N) is 2. The third-order valence-electron chi connectivity index (χ3n) is 7.12. The molecule has 40 heavy (non-hydrogen) atoms. The van der Waals surface area contributed by atoms with Crippen LogP contribution in [0.2, 0.25) is 0 Å². The van der Waals surface area contributed by atoms with Gasteiger partial charge in [-0.25, -0.2) is 20.8 Å². The second-order valence-electron chi connectivity index (χ2n) is 9.54. The summed E-state index contributed by atoms with van der Waals surface area (Å²) in [4.78, 5) is 0.216. The zero-order valence-electron chi connectivity index (χ0n) is 21.8. The van der Waals surface area contributed by atoms with Gasteiger partial charge in [-0.05, 0) is 61.0 Å². The molecule has 0 spiro atoms. The highest BCUT2D eigenvalue weighted by molar-refractivity contribution is 7.90. The van der Waals surface area contributed by atoms with Gasteiger partial charge in [-0.15, -0.1) is 0 Å². The SMILES string of the molecule is COc1ccc(C2c3c(c4ccccc4n3S(=O)(=O)c3ccccc3)C=CN2S(=O)(=O)c2ccc(C)cc2)cc1. The van der Waals surface area contributed by atoms with Crippen molar-refractivity contribution in [3.63, 3.8) is 0 Å². The lowest BCUT2D eigenvalue weighted by Crippen LogP contribution is -2.35. The number of ether oxygens (including phenoxy) is 1. The lowest BCUT2D eigenvalue weighted by molar-refractivity contribution is 0.413. The molecule has 1 atom stereocenters. The van der Waals surface area contributed by atoms with Crippen molar-refractivity contribution >= 4 is 37.0 Å². The fraction of sp³-hybridized carbons (Fsp3) is 0.0968. The number of fused-ring (bicyclic) bond motifs is 3. The normalized spacial score (nSPS) is 15.2. The molecule has 0 N–H and O–H groups in total. The minimum atomic E-state index is -4.12. The Morgan fingerprint density at radius 3 is 2.00 bits per heavy atom. The molecule has 0 radical (unpaired) electrons. The monoisotopic (exact) mass is 570 g/mol. The van der Waals surface area contributed by atoms with Gasteiger partial charge in [0.05, 0.1) is 28.1 Å². The van der Waals surface area contributed by atoms with Gasteiger partial charge in [0.15, 0.2) is 0 Å². The minimum absolute atomic E-state index is 0.106. The van der Waals surface area contributed by atoms with Crippen LogP contribution in [0.1, 0.15) is 28.4 Å². The molecule has 5 aromatic rings. The average molecular weight is 571 g/mol. The van der Waals surface area contributed by atoms with Crippen LogP contribution in [-0.4, -0.2) is 32.2 Å². The third kappa shape index (κ3) is 4.09. The zero-order chi connectivity index (χ0) is 28.1. The summed E-state index contributed by atoms with van der Waals surface area (Å²) in [5, 5.41) is 0.708. The highest BCUT2D eigenvalue weighted by Crippen LogP contribution is 2.45. The molecule has 0 amide bonds. The van der Waals surface area contributed by atoms with E-state index < -0.39 is 26.1 Å². The van der Waals surface area contributed by atoms with E-state index in [1.165, 1.54) is 14.5 Å². The summed E-state index contributed by atoms with van der Waals surface area (Å²) in [5.74, 6) is 0.598. The zero-order valence-corrected chi connectivity index (χ0v) is 23.4. The molecule has 1 unspecified atom stereocenters.